The van der Waals surface area contributed by atoms with E-state index in [2.05, 4.69) is 30.4 Å². The quantitative estimate of drug-likeness (QED) is 0.0686. The van der Waals surface area contributed by atoms with E-state index in [1.54, 1.807) is 6.07 Å². The van der Waals surface area contributed by atoms with Crippen LogP contribution in [0.5, 0.6) is 5.75 Å². The zero-order chi connectivity index (χ0) is 35.7. The molecule has 0 atom stereocenters. The average molecular weight is 686 g/mol. The minimum Gasteiger partial charge on any atom is -0.494 e. The lowest BCUT2D eigenvalue weighted by Gasteiger charge is -2.21. The molecule has 11 nitrogen and oxygen atoms in total. The number of carbonyl (C=O) groups is 3. The first kappa shape index (κ1) is 40.0. The molecule has 3 N–H and O–H groups in total. The molecule has 0 saturated carbocycles. The molecule has 0 fully saturated rings. The van der Waals surface area contributed by atoms with E-state index >= 15 is 0 Å². The first-order valence-corrected chi connectivity index (χ1v) is 18.4. The third-order valence-electron chi connectivity index (χ3n) is 7.63. The van der Waals surface area contributed by atoms with Crippen molar-refractivity contribution in [2.24, 2.45) is 7.05 Å². The number of carboxylic acid groups (broad SMARTS) is 2. The Morgan fingerprint density at radius 3 is 1.94 bits per heavy atom. The molecular formula is C36H51N3O8S. The predicted molar refractivity (Wildman–Crippen MR) is 191 cm³/mol. The third-order valence-corrected chi connectivity index (χ3v) is 8.24. The maximum absolute atomic E-state index is 13.8. The Morgan fingerprint density at radius 1 is 0.854 bits per heavy atom. The van der Waals surface area contributed by atoms with Gasteiger partial charge in [-0.15, -0.1) is 0 Å². The fraction of sp³-hybridized carbons (Fsp3) is 0.472. The van der Waals surface area contributed by atoms with Crippen molar-refractivity contribution in [3.8, 4) is 5.75 Å². The van der Waals surface area contributed by atoms with Gasteiger partial charge >= 0.3 is 11.9 Å². The fourth-order valence-corrected chi connectivity index (χ4v) is 5.81. The van der Waals surface area contributed by atoms with Crippen molar-refractivity contribution in [3.05, 3.63) is 71.4 Å². The fourth-order valence-electron chi connectivity index (χ4n) is 5.25. The lowest BCUT2D eigenvalue weighted by atomic mass is 9.99. The number of carboxylic acids is 2. The third kappa shape index (κ3) is 13.5. The molecule has 0 aliphatic carbocycles. The number of benzene rings is 2. The highest BCUT2D eigenvalue weighted by molar-refractivity contribution is 7.92. The van der Waals surface area contributed by atoms with Gasteiger partial charge in [-0.05, 0) is 93.2 Å². The number of ether oxygens (including phenoxy) is 1. The van der Waals surface area contributed by atoms with E-state index in [9.17, 15) is 22.8 Å². The number of aliphatic carboxylic acids is 2. The van der Waals surface area contributed by atoms with Crippen LogP contribution in [0.1, 0.15) is 87.3 Å². The lowest BCUT2D eigenvalue weighted by molar-refractivity contribution is -0.134. The van der Waals surface area contributed by atoms with E-state index in [0.717, 1.165) is 73.8 Å². The first-order chi connectivity index (χ1) is 22.8. The Labute approximate surface area is 284 Å². The van der Waals surface area contributed by atoms with Crippen LogP contribution in [-0.2, 0) is 33.1 Å². The molecule has 3 aromatic rings. The van der Waals surface area contributed by atoms with Gasteiger partial charge in [0.1, 0.15) is 5.75 Å². The first-order valence-electron chi connectivity index (χ1n) is 16.5. The van der Waals surface area contributed by atoms with E-state index in [-0.39, 0.29) is 5.78 Å². The number of nitrogens with one attached hydrogen (secondary N) is 1. The number of rotatable bonds is 20. The molecule has 0 unspecified atom stereocenters. The molecule has 0 spiro atoms. The highest BCUT2D eigenvalue weighted by Crippen LogP contribution is 2.31. The highest BCUT2D eigenvalue weighted by Gasteiger charge is 2.22. The van der Waals surface area contributed by atoms with Gasteiger partial charge in [0, 0.05) is 47.9 Å². The van der Waals surface area contributed by atoms with E-state index in [4.69, 9.17) is 14.9 Å². The largest absolute Gasteiger partial charge is 0.494 e. The molecule has 12 heteroatoms. The second kappa shape index (κ2) is 20.3. The normalized spacial score (nSPS) is 11.5. The number of hydrogen-bond donors (Lipinski definition) is 3. The van der Waals surface area contributed by atoms with E-state index in [1.807, 2.05) is 48.0 Å². The Kier molecular flexibility index (Phi) is 16.9. The van der Waals surface area contributed by atoms with Crippen molar-refractivity contribution in [1.29, 1.82) is 0 Å². The van der Waals surface area contributed by atoms with Crippen LogP contribution in [0.15, 0.2) is 54.6 Å². The lowest BCUT2D eigenvalue weighted by Crippen LogP contribution is -2.28. The van der Waals surface area contributed by atoms with Gasteiger partial charge in [-0.25, -0.2) is 18.0 Å². The molecule has 48 heavy (non-hydrogen) atoms. The summed E-state index contributed by atoms with van der Waals surface area (Å²) in [4.78, 5) is 35.4. The van der Waals surface area contributed by atoms with Crippen molar-refractivity contribution in [3.63, 3.8) is 0 Å². The number of aryl methyl sites for hydroxylation is 2. The summed E-state index contributed by atoms with van der Waals surface area (Å²) in [7, 11) is -1.50. The number of carbonyl (C=O) groups excluding carboxylic acids is 1. The molecule has 264 valence electrons. The molecule has 0 aliphatic rings. The second-order valence-electron chi connectivity index (χ2n) is 11.7. The minimum absolute atomic E-state index is 0.0449. The summed E-state index contributed by atoms with van der Waals surface area (Å²) in [5, 5.41) is 16.5. The summed E-state index contributed by atoms with van der Waals surface area (Å²) in [6.07, 6.45) is 10.8. The topological polar surface area (TPSA) is 155 Å². The summed E-state index contributed by atoms with van der Waals surface area (Å²) in [6.45, 7) is 10.6. The Bertz CT molecular complexity index is 1600. The summed E-state index contributed by atoms with van der Waals surface area (Å²) in [5.41, 5.74) is 3.61. The summed E-state index contributed by atoms with van der Waals surface area (Å²) < 4.78 is 34.1. The minimum atomic E-state index is -3.40. The maximum Gasteiger partial charge on any atom is 0.328 e. The van der Waals surface area contributed by atoms with Crippen LogP contribution in [-0.4, -0.2) is 78.3 Å². The summed E-state index contributed by atoms with van der Waals surface area (Å²) in [6, 6.07) is 12.9. The van der Waals surface area contributed by atoms with Crippen molar-refractivity contribution in [1.82, 2.24) is 9.47 Å². The van der Waals surface area contributed by atoms with Crippen LogP contribution in [0.2, 0.25) is 0 Å². The van der Waals surface area contributed by atoms with E-state index < -0.39 is 22.0 Å². The number of anilines is 1. The van der Waals surface area contributed by atoms with Crippen LogP contribution in [0.4, 0.5) is 5.69 Å². The summed E-state index contributed by atoms with van der Waals surface area (Å²) >= 11 is 0. The number of ketones is 1. The highest BCUT2D eigenvalue weighted by atomic mass is 32.2. The monoisotopic (exact) mass is 685 g/mol. The SMILES string of the molecule is CCCCc1c(C(=O)c2ccc(OCCCN(CCCC)CCCC)cc2)n(C)c2ccc(NS(C)(=O)=O)cc12.O=C(O)/C=C/C(=O)O. The van der Waals surface area contributed by atoms with Gasteiger partial charge < -0.3 is 24.4 Å². The number of sulfonamides is 1. The van der Waals surface area contributed by atoms with Gasteiger partial charge in [-0.3, -0.25) is 9.52 Å². The van der Waals surface area contributed by atoms with Gasteiger partial charge in [0.2, 0.25) is 15.8 Å². The molecule has 0 saturated heterocycles. The van der Waals surface area contributed by atoms with Crippen molar-refractivity contribution in [2.45, 2.75) is 72.1 Å². The molecule has 1 aromatic heterocycles. The van der Waals surface area contributed by atoms with E-state index in [1.165, 1.54) is 25.7 Å². The molecular weight excluding hydrogens is 634 g/mol. The number of fused-ring (bicyclic) bond motifs is 1. The van der Waals surface area contributed by atoms with Crippen molar-refractivity contribution in [2.75, 3.05) is 37.2 Å². The number of hydrogen-bond acceptors (Lipinski definition) is 7. The number of aromatic nitrogens is 1. The van der Waals surface area contributed by atoms with Crippen LogP contribution in [0, 0.1) is 0 Å². The zero-order valence-electron chi connectivity index (χ0n) is 28.8. The van der Waals surface area contributed by atoms with Crippen LogP contribution in [0.3, 0.4) is 0 Å². The molecule has 1 heterocycles. The Hall–Kier alpha value is -4.16. The second-order valence-corrected chi connectivity index (χ2v) is 13.5. The molecule has 0 bridgehead atoms. The Balaban J connectivity index is 0.000000886. The van der Waals surface area contributed by atoms with Gasteiger partial charge in [-0.1, -0.05) is 40.0 Å². The van der Waals surface area contributed by atoms with Crippen LogP contribution in [0.25, 0.3) is 10.9 Å². The van der Waals surface area contributed by atoms with E-state index in [0.29, 0.717) is 35.7 Å². The molecule has 0 amide bonds. The molecule has 3 rings (SSSR count). The predicted octanol–water partition coefficient (Wildman–Crippen LogP) is 6.51. The maximum atomic E-state index is 13.8. The van der Waals surface area contributed by atoms with Gasteiger partial charge in [0.25, 0.3) is 0 Å². The van der Waals surface area contributed by atoms with Gasteiger partial charge in [-0.2, -0.15) is 0 Å². The molecule has 0 radical (unpaired) electrons. The number of nitrogens with zero attached hydrogens (tertiary/aromatic N) is 2. The number of unbranched alkanes of at least 4 members (excludes halogenated alkanes) is 3. The Morgan fingerprint density at radius 2 is 1.42 bits per heavy atom. The summed E-state index contributed by atoms with van der Waals surface area (Å²) in [5.74, 6) is -1.79. The van der Waals surface area contributed by atoms with Crippen LogP contribution < -0.4 is 9.46 Å². The van der Waals surface area contributed by atoms with Crippen molar-refractivity contribution >= 4 is 44.3 Å². The smallest absolute Gasteiger partial charge is 0.328 e. The zero-order valence-corrected chi connectivity index (χ0v) is 29.6. The molecule has 2 aromatic carbocycles. The van der Waals surface area contributed by atoms with Crippen LogP contribution >= 0.6 is 0 Å². The van der Waals surface area contributed by atoms with Gasteiger partial charge in [0.05, 0.1) is 18.6 Å². The standard InChI is InChI=1S/C32H47N3O4S.C4H4O4/c1-6-9-13-28-29-24-26(33-40(5,37)38)16-19-30(29)34(4)31(28)32(36)25-14-17-27(18-15-25)39-23-12-22-35(20-10-7-2)21-11-8-3;5-3(6)1-2-4(7)8/h14-19,24,33H,6-13,20-23H2,1-5H3;1-2H,(H,5,6)(H,7,8)/b;2-1+. The molecule has 0 aliphatic heterocycles. The van der Waals surface area contributed by atoms with Gasteiger partial charge in [0.15, 0.2) is 0 Å². The van der Waals surface area contributed by atoms with Crippen molar-refractivity contribution < 1.29 is 37.8 Å². The average Bonchev–Trinajstić information content (AvgIpc) is 3.31.